The van der Waals surface area contributed by atoms with Crippen molar-refractivity contribution in [2.24, 2.45) is 5.92 Å². The SMILES string of the molecule is COc1ccc(C2(CNC3CCC(C(=O)O)CC3)CCC2)cc1. The van der Waals surface area contributed by atoms with E-state index in [4.69, 9.17) is 9.84 Å². The number of ether oxygens (including phenoxy) is 1. The van der Waals surface area contributed by atoms with Gasteiger partial charge in [-0.2, -0.15) is 0 Å². The summed E-state index contributed by atoms with van der Waals surface area (Å²) in [6.07, 6.45) is 7.34. The third-order valence-electron chi connectivity index (χ3n) is 5.82. The average Bonchev–Trinajstić information content (AvgIpc) is 2.55. The van der Waals surface area contributed by atoms with E-state index < -0.39 is 5.97 Å². The summed E-state index contributed by atoms with van der Waals surface area (Å²) in [6, 6.07) is 8.96. The van der Waals surface area contributed by atoms with Gasteiger partial charge in [-0.25, -0.2) is 0 Å². The second-order valence-corrected chi connectivity index (χ2v) is 7.13. The van der Waals surface area contributed by atoms with Crippen LogP contribution in [0.25, 0.3) is 0 Å². The lowest BCUT2D eigenvalue weighted by Gasteiger charge is -2.44. The van der Waals surface area contributed by atoms with Gasteiger partial charge in [0.15, 0.2) is 0 Å². The first kappa shape index (κ1) is 16.3. The van der Waals surface area contributed by atoms with Crippen molar-refractivity contribution >= 4 is 5.97 Å². The number of hydrogen-bond acceptors (Lipinski definition) is 3. The van der Waals surface area contributed by atoms with Crippen LogP contribution in [0, 0.1) is 5.92 Å². The highest BCUT2D eigenvalue weighted by Gasteiger charge is 2.39. The van der Waals surface area contributed by atoms with Gasteiger partial charge in [-0.1, -0.05) is 18.6 Å². The van der Waals surface area contributed by atoms with Gasteiger partial charge in [0.2, 0.25) is 0 Å². The number of carboxylic acids is 1. The summed E-state index contributed by atoms with van der Waals surface area (Å²) in [5, 5.41) is 12.8. The van der Waals surface area contributed by atoms with E-state index in [9.17, 15) is 4.79 Å². The van der Waals surface area contributed by atoms with Gasteiger partial charge >= 0.3 is 5.97 Å². The molecule has 0 aromatic heterocycles. The van der Waals surface area contributed by atoms with Crippen molar-refractivity contribution in [1.82, 2.24) is 5.32 Å². The van der Waals surface area contributed by atoms with Crippen LogP contribution in [0.2, 0.25) is 0 Å². The van der Waals surface area contributed by atoms with E-state index in [1.54, 1.807) is 7.11 Å². The largest absolute Gasteiger partial charge is 0.497 e. The fraction of sp³-hybridized carbons (Fsp3) is 0.632. The van der Waals surface area contributed by atoms with Crippen molar-refractivity contribution in [3.63, 3.8) is 0 Å². The number of methoxy groups -OCH3 is 1. The van der Waals surface area contributed by atoms with Crippen molar-refractivity contribution in [2.45, 2.75) is 56.4 Å². The maximum Gasteiger partial charge on any atom is 0.306 e. The molecule has 1 aromatic carbocycles. The quantitative estimate of drug-likeness (QED) is 0.845. The van der Waals surface area contributed by atoms with Gasteiger partial charge in [0.1, 0.15) is 5.75 Å². The van der Waals surface area contributed by atoms with Crippen LogP contribution in [0.3, 0.4) is 0 Å². The highest BCUT2D eigenvalue weighted by molar-refractivity contribution is 5.70. The molecule has 2 N–H and O–H groups in total. The van der Waals surface area contributed by atoms with Crippen LogP contribution < -0.4 is 10.1 Å². The molecule has 2 aliphatic carbocycles. The minimum atomic E-state index is -0.628. The molecule has 4 heteroatoms. The molecule has 4 nitrogen and oxygen atoms in total. The summed E-state index contributed by atoms with van der Waals surface area (Å²) >= 11 is 0. The molecule has 0 heterocycles. The number of aliphatic carboxylic acids is 1. The Labute approximate surface area is 138 Å². The molecule has 0 saturated heterocycles. The van der Waals surface area contributed by atoms with Gasteiger partial charge in [0, 0.05) is 18.0 Å². The molecule has 0 bridgehead atoms. The molecule has 0 atom stereocenters. The van der Waals surface area contributed by atoms with Gasteiger partial charge in [-0.05, 0) is 56.2 Å². The van der Waals surface area contributed by atoms with E-state index >= 15 is 0 Å². The molecule has 3 rings (SSSR count). The third kappa shape index (κ3) is 3.52. The van der Waals surface area contributed by atoms with Crippen LogP contribution in [-0.2, 0) is 10.2 Å². The zero-order valence-corrected chi connectivity index (χ0v) is 13.9. The molecule has 0 amide bonds. The molecule has 0 aliphatic heterocycles. The molecular weight excluding hydrogens is 290 g/mol. The monoisotopic (exact) mass is 317 g/mol. The summed E-state index contributed by atoms with van der Waals surface area (Å²) in [5.41, 5.74) is 1.66. The number of nitrogens with one attached hydrogen (secondary N) is 1. The number of hydrogen-bond donors (Lipinski definition) is 2. The normalized spacial score (nSPS) is 26.3. The minimum Gasteiger partial charge on any atom is -0.497 e. The first-order chi connectivity index (χ1) is 11.1. The average molecular weight is 317 g/mol. The lowest BCUT2D eigenvalue weighted by atomic mass is 9.64. The zero-order valence-electron chi connectivity index (χ0n) is 13.9. The molecule has 0 unspecified atom stereocenters. The lowest BCUT2D eigenvalue weighted by molar-refractivity contribution is -0.142. The van der Waals surface area contributed by atoms with E-state index in [2.05, 4.69) is 17.4 Å². The second-order valence-electron chi connectivity index (χ2n) is 7.13. The molecule has 1 aromatic rings. The Bertz CT molecular complexity index is 528. The number of carbonyl (C=O) groups is 1. The standard InChI is InChI=1S/C19H27NO3/c1-23-17-9-5-15(6-10-17)19(11-2-12-19)13-20-16-7-3-14(4-8-16)18(21)22/h5-6,9-10,14,16,20H,2-4,7-8,11-13H2,1H3,(H,21,22). The Morgan fingerprint density at radius 3 is 2.35 bits per heavy atom. The summed E-state index contributed by atoms with van der Waals surface area (Å²) in [5.74, 6) is 0.146. The summed E-state index contributed by atoms with van der Waals surface area (Å²) < 4.78 is 5.25. The number of rotatable bonds is 6. The van der Waals surface area contributed by atoms with Crippen molar-refractivity contribution < 1.29 is 14.6 Å². The summed E-state index contributed by atoms with van der Waals surface area (Å²) in [4.78, 5) is 11.0. The van der Waals surface area contributed by atoms with E-state index in [0.717, 1.165) is 38.0 Å². The zero-order chi connectivity index (χ0) is 16.3. The van der Waals surface area contributed by atoms with Gasteiger partial charge in [0.05, 0.1) is 13.0 Å². The molecule has 23 heavy (non-hydrogen) atoms. The number of benzene rings is 1. The van der Waals surface area contributed by atoms with Crippen molar-refractivity contribution in [3.8, 4) is 5.75 Å². The highest BCUT2D eigenvalue weighted by atomic mass is 16.5. The predicted molar refractivity (Wildman–Crippen MR) is 89.9 cm³/mol. The Hall–Kier alpha value is -1.55. The number of carboxylic acid groups (broad SMARTS) is 1. The van der Waals surface area contributed by atoms with Crippen LogP contribution >= 0.6 is 0 Å². The summed E-state index contributed by atoms with van der Waals surface area (Å²) in [6.45, 7) is 1.00. The fourth-order valence-corrected chi connectivity index (χ4v) is 4.00. The first-order valence-electron chi connectivity index (χ1n) is 8.74. The Morgan fingerprint density at radius 2 is 1.87 bits per heavy atom. The lowest BCUT2D eigenvalue weighted by Crippen LogP contribution is -2.47. The van der Waals surface area contributed by atoms with Crippen LogP contribution in [0.15, 0.2) is 24.3 Å². The van der Waals surface area contributed by atoms with E-state index in [0.29, 0.717) is 6.04 Å². The van der Waals surface area contributed by atoms with E-state index in [1.165, 1.54) is 24.8 Å². The molecule has 2 fully saturated rings. The fourth-order valence-electron chi connectivity index (χ4n) is 4.00. The molecule has 0 spiro atoms. The summed E-state index contributed by atoms with van der Waals surface area (Å²) in [7, 11) is 1.70. The first-order valence-corrected chi connectivity index (χ1v) is 8.74. The topological polar surface area (TPSA) is 58.6 Å². The van der Waals surface area contributed by atoms with E-state index in [-0.39, 0.29) is 11.3 Å². The van der Waals surface area contributed by atoms with Crippen molar-refractivity contribution in [2.75, 3.05) is 13.7 Å². The van der Waals surface area contributed by atoms with Gasteiger partial charge in [-0.3, -0.25) is 4.79 Å². The Balaban J connectivity index is 1.56. The smallest absolute Gasteiger partial charge is 0.306 e. The second kappa shape index (κ2) is 6.91. The molecule has 126 valence electrons. The highest BCUT2D eigenvalue weighted by Crippen LogP contribution is 2.44. The Morgan fingerprint density at radius 1 is 1.22 bits per heavy atom. The molecule has 0 radical (unpaired) electrons. The van der Waals surface area contributed by atoms with E-state index in [1.807, 2.05) is 12.1 Å². The van der Waals surface area contributed by atoms with Crippen LogP contribution in [0.1, 0.15) is 50.5 Å². The Kier molecular flexibility index (Phi) is 4.90. The molecular formula is C19H27NO3. The van der Waals surface area contributed by atoms with Crippen molar-refractivity contribution in [1.29, 1.82) is 0 Å². The maximum atomic E-state index is 11.0. The third-order valence-corrected chi connectivity index (χ3v) is 5.82. The van der Waals surface area contributed by atoms with Crippen LogP contribution in [0.4, 0.5) is 0 Å². The maximum absolute atomic E-state index is 11.0. The van der Waals surface area contributed by atoms with Gasteiger partial charge in [-0.15, -0.1) is 0 Å². The van der Waals surface area contributed by atoms with Crippen LogP contribution in [-0.4, -0.2) is 30.8 Å². The van der Waals surface area contributed by atoms with Gasteiger partial charge in [0.25, 0.3) is 0 Å². The van der Waals surface area contributed by atoms with Gasteiger partial charge < -0.3 is 15.2 Å². The van der Waals surface area contributed by atoms with Crippen molar-refractivity contribution in [3.05, 3.63) is 29.8 Å². The predicted octanol–water partition coefficient (Wildman–Crippen LogP) is 3.35. The molecule has 2 aliphatic rings. The molecule has 2 saturated carbocycles. The van der Waals surface area contributed by atoms with Crippen LogP contribution in [0.5, 0.6) is 5.75 Å². The minimum absolute atomic E-state index is 0.132.